The first-order valence-corrected chi connectivity index (χ1v) is 15.5. The van der Waals surface area contributed by atoms with E-state index < -0.39 is 23.8 Å². The third-order valence-corrected chi connectivity index (χ3v) is 7.94. The van der Waals surface area contributed by atoms with Crippen molar-refractivity contribution in [3.05, 3.63) is 108 Å². The lowest BCUT2D eigenvalue weighted by atomic mass is 9.98. The van der Waals surface area contributed by atoms with Gasteiger partial charge in [0.1, 0.15) is 18.2 Å². The maximum Gasteiger partial charge on any atom is 0.407 e. The third-order valence-electron chi connectivity index (χ3n) is 7.94. The van der Waals surface area contributed by atoms with E-state index in [1.54, 1.807) is 20.8 Å². The highest BCUT2D eigenvalue weighted by atomic mass is 16.6. The van der Waals surface area contributed by atoms with Gasteiger partial charge >= 0.3 is 12.2 Å². The van der Waals surface area contributed by atoms with Gasteiger partial charge < -0.3 is 25.4 Å². The average molecular weight is 608 g/mol. The van der Waals surface area contributed by atoms with Crippen LogP contribution in [0, 0.1) is 0 Å². The van der Waals surface area contributed by atoms with E-state index >= 15 is 0 Å². The maximum atomic E-state index is 13.6. The van der Waals surface area contributed by atoms with Gasteiger partial charge in [0.25, 0.3) is 0 Å². The van der Waals surface area contributed by atoms with Crippen molar-refractivity contribution in [1.29, 1.82) is 0 Å². The Hall–Kier alpha value is -4.85. The quantitative estimate of drug-likeness (QED) is 0.165. The molecule has 8 nitrogen and oxygen atoms in total. The van der Waals surface area contributed by atoms with E-state index in [2.05, 4.69) is 40.2 Å². The van der Waals surface area contributed by atoms with Crippen LogP contribution in [0.2, 0.25) is 0 Å². The fourth-order valence-electron chi connectivity index (χ4n) is 5.88. The van der Waals surface area contributed by atoms with Crippen molar-refractivity contribution < 1.29 is 23.9 Å². The van der Waals surface area contributed by atoms with Crippen LogP contribution >= 0.6 is 0 Å². The first-order chi connectivity index (χ1) is 21.6. The number of fused-ring (bicyclic) bond motifs is 4. The van der Waals surface area contributed by atoms with Crippen molar-refractivity contribution in [2.75, 3.05) is 13.2 Å². The molecule has 0 aliphatic heterocycles. The molecule has 4 aromatic carbocycles. The predicted octanol–water partition coefficient (Wildman–Crippen LogP) is 7.23. The lowest BCUT2D eigenvalue weighted by Crippen LogP contribution is -2.48. The number of hydrogen-bond acceptors (Lipinski definition) is 5. The minimum absolute atomic E-state index is 0.0974. The van der Waals surface area contributed by atoms with Gasteiger partial charge in [-0.05, 0) is 79.1 Å². The van der Waals surface area contributed by atoms with Crippen LogP contribution in [-0.4, -0.2) is 42.9 Å². The summed E-state index contributed by atoms with van der Waals surface area (Å²) in [6.45, 7) is 7.73. The standard InChI is InChI=1S/C37H41N3O5/c1-24(26-20-11-14-25-13-5-6-15-27(25)26)39-34(41)33(21-12-22-38-35(42)45-37(2,3)4)40-36(43)44-23-32-30-18-9-7-16-28(30)29-17-8-10-19-31(29)32/h5-11,13-20,24,32-33H,12,21-23H2,1-4H3,(H,38,42)(H,39,41)(H,40,43)/t24-,33-/m0/s1. The Balaban J connectivity index is 1.25. The van der Waals surface area contributed by atoms with E-state index in [-0.39, 0.29) is 37.4 Å². The molecule has 0 heterocycles. The fraction of sp³-hybridized carbons (Fsp3) is 0.324. The molecule has 3 N–H and O–H groups in total. The van der Waals surface area contributed by atoms with Crippen molar-refractivity contribution in [1.82, 2.24) is 16.0 Å². The van der Waals surface area contributed by atoms with Gasteiger partial charge in [-0.25, -0.2) is 9.59 Å². The van der Waals surface area contributed by atoms with E-state index in [0.717, 1.165) is 38.6 Å². The second-order valence-electron chi connectivity index (χ2n) is 12.4. The summed E-state index contributed by atoms with van der Waals surface area (Å²) in [5, 5.41) is 10.7. The number of carbonyl (C=O) groups is 3. The first-order valence-electron chi connectivity index (χ1n) is 15.5. The van der Waals surface area contributed by atoms with Gasteiger partial charge in [0.2, 0.25) is 5.91 Å². The normalized spacial score (nSPS) is 13.7. The number of nitrogens with one attached hydrogen (secondary N) is 3. The number of benzene rings is 4. The van der Waals surface area contributed by atoms with Gasteiger partial charge in [0.15, 0.2) is 0 Å². The molecule has 0 saturated carbocycles. The molecule has 0 bridgehead atoms. The van der Waals surface area contributed by atoms with E-state index in [0.29, 0.717) is 6.42 Å². The summed E-state index contributed by atoms with van der Waals surface area (Å²) in [7, 11) is 0. The molecule has 8 heteroatoms. The van der Waals surface area contributed by atoms with Crippen LogP contribution in [0.25, 0.3) is 21.9 Å². The fourth-order valence-corrected chi connectivity index (χ4v) is 5.88. The SMILES string of the molecule is C[C@H](NC(=O)[C@H](CCCNC(=O)OC(C)(C)C)NC(=O)OCC1c2ccccc2-c2ccccc21)c1cccc2ccccc12. The summed E-state index contributed by atoms with van der Waals surface area (Å²) in [6.07, 6.45) is -0.481. The molecule has 5 rings (SSSR count). The molecule has 0 saturated heterocycles. The van der Waals surface area contributed by atoms with Crippen molar-refractivity contribution in [2.45, 2.75) is 64.1 Å². The minimum atomic E-state index is -0.876. The van der Waals surface area contributed by atoms with Crippen LogP contribution in [0.3, 0.4) is 0 Å². The van der Waals surface area contributed by atoms with Gasteiger partial charge in [-0.15, -0.1) is 0 Å². The van der Waals surface area contributed by atoms with Gasteiger partial charge in [0.05, 0.1) is 6.04 Å². The van der Waals surface area contributed by atoms with Crippen LogP contribution in [0.4, 0.5) is 9.59 Å². The monoisotopic (exact) mass is 607 g/mol. The van der Waals surface area contributed by atoms with Crippen molar-refractivity contribution in [3.8, 4) is 11.1 Å². The van der Waals surface area contributed by atoms with E-state index in [9.17, 15) is 14.4 Å². The molecule has 3 amide bonds. The molecule has 45 heavy (non-hydrogen) atoms. The molecule has 0 spiro atoms. The third kappa shape index (κ3) is 7.81. The zero-order chi connectivity index (χ0) is 32.0. The van der Waals surface area contributed by atoms with Gasteiger partial charge in [-0.3, -0.25) is 4.79 Å². The minimum Gasteiger partial charge on any atom is -0.449 e. The van der Waals surface area contributed by atoms with Gasteiger partial charge in [0, 0.05) is 12.5 Å². The second kappa shape index (κ2) is 13.8. The molecule has 0 radical (unpaired) electrons. The smallest absolute Gasteiger partial charge is 0.407 e. The molecule has 0 fully saturated rings. The Labute approximate surface area is 264 Å². The van der Waals surface area contributed by atoms with Crippen LogP contribution in [-0.2, 0) is 14.3 Å². The highest BCUT2D eigenvalue weighted by Crippen LogP contribution is 2.44. The lowest BCUT2D eigenvalue weighted by Gasteiger charge is -2.23. The highest BCUT2D eigenvalue weighted by Gasteiger charge is 2.30. The van der Waals surface area contributed by atoms with Crippen molar-refractivity contribution >= 4 is 28.9 Å². The average Bonchev–Trinajstić information content (AvgIpc) is 3.33. The van der Waals surface area contributed by atoms with E-state index in [1.807, 2.05) is 73.7 Å². The molecule has 1 aliphatic rings. The maximum absolute atomic E-state index is 13.6. The summed E-state index contributed by atoms with van der Waals surface area (Å²) >= 11 is 0. The molecule has 4 aromatic rings. The molecule has 1 aliphatic carbocycles. The topological polar surface area (TPSA) is 106 Å². The largest absolute Gasteiger partial charge is 0.449 e. The molecule has 2 atom stereocenters. The highest BCUT2D eigenvalue weighted by molar-refractivity contribution is 5.89. The molecular formula is C37H41N3O5. The summed E-state index contributed by atoms with van der Waals surface area (Å²) < 4.78 is 11.1. The lowest BCUT2D eigenvalue weighted by molar-refractivity contribution is -0.123. The number of amides is 3. The molecule has 0 aromatic heterocycles. The Bertz CT molecular complexity index is 1630. The number of rotatable bonds is 10. The number of ether oxygens (including phenoxy) is 2. The van der Waals surface area contributed by atoms with Crippen LogP contribution in [0.15, 0.2) is 91.0 Å². The van der Waals surface area contributed by atoms with Gasteiger partial charge in [-0.2, -0.15) is 0 Å². The second-order valence-corrected chi connectivity index (χ2v) is 12.4. The Morgan fingerprint density at radius 2 is 1.40 bits per heavy atom. The summed E-state index contributed by atoms with van der Waals surface area (Å²) in [4.78, 5) is 38.9. The van der Waals surface area contributed by atoms with Crippen molar-refractivity contribution in [2.24, 2.45) is 0 Å². The number of hydrogen-bond donors (Lipinski definition) is 3. The van der Waals surface area contributed by atoms with Crippen LogP contribution in [0.1, 0.15) is 69.2 Å². The zero-order valence-corrected chi connectivity index (χ0v) is 26.3. The Kier molecular flexibility index (Phi) is 9.71. The molecular weight excluding hydrogens is 566 g/mol. The molecule has 0 unspecified atom stereocenters. The summed E-state index contributed by atoms with van der Waals surface area (Å²) in [6, 6.07) is 29.1. The molecule has 234 valence electrons. The summed E-state index contributed by atoms with van der Waals surface area (Å²) in [5.74, 6) is -0.430. The van der Waals surface area contributed by atoms with Crippen LogP contribution < -0.4 is 16.0 Å². The predicted molar refractivity (Wildman–Crippen MR) is 176 cm³/mol. The Morgan fingerprint density at radius 3 is 2.09 bits per heavy atom. The van der Waals surface area contributed by atoms with E-state index in [1.165, 1.54) is 0 Å². The van der Waals surface area contributed by atoms with Gasteiger partial charge in [-0.1, -0.05) is 91.0 Å². The number of carbonyl (C=O) groups excluding carboxylic acids is 3. The van der Waals surface area contributed by atoms with Crippen LogP contribution in [0.5, 0.6) is 0 Å². The Morgan fingerprint density at radius 1 is 0.778 bits per heavy atom. The van der Waals surface area contributed by atoms with Crippen molar-refractivity contribution in [3.63, 3.8) is 0 Å². The zero-order valence-electron chi connectivity index (χ0n) is 26.3. The summed E-state index contributed by atoms with van der Waals surface area (Å²) in [5.41, 5.74) is 4.86. The van der Waals surface area contributed by atoms with E-state index in [4.69, 9.17) is 9.47 Å². The number of alkyl carbamates (subject to hydrolysis) is 2. The first kappa shape index (κ1) is 31.6.